The summed E-state index contributed by atoms with van der Waals surface area (Å²) in [5.74, 6) is 0. The maximum absolute atomic E-state index is 10.5. The molecule has 35 heavy (non-hydrogen) atoms. The molecule has 1 aromatic carbocycles. The molecule has 0 saturated carbocycles. The number of aryl methyl sites for hydroxylation is 1. The van der Waals surface area contributed by atoms with Crippen LogP contribution >= 0.6 is 0 Å². The van der Waals surface area contributed by atoms with Gasteiger partial charge in [-0.05, 0) is 24.0 Å². The van der Waals surface area contributed by atoms with Crippen LogP contribution in [0.3, 0.4) is 0 Å². The number of hydrogen-bond donors (Lipinski definition) is 4. The number of aliphatic hydroxyl groups is 4. The molecule has 1 aromatic rings. The van der Waals surface area contributed by atoms with Gasteiger partial charge in [0.05, 0.1) is 6.61 Å². The lowest BCUT2D eigenvalue weighted by molar-refractivity contribution is -0.231. The number of benzene rings is 1. The molecule has 2 rings (SSSR count). The second kappa shape index (κ2) is 18.3. The fourth-order valence-electron chi connectivity index (χ4n) is 5.26. The molecule has 1 saturated heterocycles. The van der Waals surface area contributed by atoms with E-state index in [2.05, 4.69) is 6.92 Å². The molecule has 5 atom stereocenters. The molecule has 0 aliphatic carbocycles. The molecule has 5 heteroatoms. The van der Waals surface area contributed by atoms with Crippen LogP contribution in [0.2, 0.25) is 0 Å². The monoisotopic (exact) mass is 492 g/mol. The van der Waals surface area contributed by atoms with Gasteiger partial charge < -0.3 is 25.2 Å². The molecule has 0 aromatic heterocycles. The number of rotatable bonds is 19. The van der Waals surface area contributed by atoms with Crippen molar-refractivity contribution in [1.29, 1.82) is 0 Å². The summed E-state index contributed by atoms with van der Waals surface area (Å²) in [6.07, 6.45) is 16.9. The van der Waals surface area contributed by atoms with Gasteiger partial charge in [-0.2, -0.15) is 0 Å². The average Bonchev–Trinajstić information content (AvgIpc) is 2.87. The van der Waals surface area contributed by atoms with Gasteiger partial charge in [-0.1, -0.05) is 128 Å². The SMILES string of the molecule is CCCCCCCCCCCCCCCCCCc1ccccc1C1O[C@H](CO)[C@H](O)[C@H](O)[C@H]1O. The molecule has 202 valence electrons. The topological polar surface area (TPSA) is 90.2 Å². The van der Waals surface area contributed by atoms with E-state index in [0.29, 0.717) is 0 Å². The molecule has 1 fully saturated rings. The fraction of sp³-hybridized carbons (Fsp3) is 0.800. The number of hydrogen-bond acceptors (Lipinski definition) is 5. The van der Waals surface area contributed by atoms with Crippen molar-refractivity contribution in [2.75, 3.05) is 6.61 Å². The first kappa shape index (κ1) is 30.2. The van der Waals surface area contributed by atoms with Gasteiger partial charge in [0.15, 0.2) is 0 Å². The zero-order valence-electron chi connectivity index (χ0n) is 22.1. The molecule has 4 N–H and O–H groups in total. The molecule has 1 aliphatic heterocycles. The average molecular weight is 493 g/mol. The van der Waals surface area contributed by atoms with E-state index in [9.17, 15) is 20.4 Å². The van der Waals surface area contributed by atoms with Crippen molar-refractivity contribution in [2.24, 2.45) is 0 Å². The molecule has 1 aliphatic rings. The summed E-state index contributed by atoms with van der Waals surface area (Å²) in [7, 11) is 0. The van der Waals surface area contributed by atoms with Crippen molar-refractivity contribution < 1.29 is 25.2 Å². The predicted molar refractivity (Wildman–Crippen MR) is 142 cm³/mol. The van der Waals surface area contributed by atoms with E-state index < -0.39 is 37.1 Å². The van der Waals surface area contributed by atoms with E-state index in [1.54, 1.807) is 0 Å². The Morgan fingerprint density at radius 1 is 0.629 bits per heavy atom. The zero-order valence-corrected chi connectivity index (χ0v) is 22.1. The Morgan fingerprint density at radius 2 is 1.11 bits per heavy atom. The van der Waals surface area contributed by atoms with Crippen LogP contribution in [0.25, 0.3) is 0 Å². The Kier molecular flexibility index (Phi) is 15.8. The molecule has 0 bridgehead atoms. The minimum atomic E-state index is -1.34. The summed E-state index contributed by atoms with van der Waals surface area (Å²) < 4.78 is 5.78. The van der Waals surface area contributed by atoms with E-state index >= 15 is 0 Å². The van der Waals surface area contributed by atoms with Gasteiger partial charge in [0, 0.05) is 0 Å². The third-order valence-electron chi connectivity index (χ3n) is 7.55. The maximum Gasteiger partial charge on any atom is 0.113 e. The van der Waals surface area contributed by atoms with E-state index in [1.165, 1.54) is 96.3 Å². The summed E-state index contributed by atoms with van der Waals surface area (Å²) in [6.45, 7) is 1.87. The van der Waals surface area contributed by atoms with Crippen LogP contribution in [0, 0.1) is 0 Å². The van der Waals surface area contributed by atoms with Crippen molar-refractivity contribution in [2.45, 2.75) is 147 Å². The highest BCUT2D eigenvalue weighted by Gasteiger charge is 2.44. The van der Waals surface area contributed by atoms with Gasteiger partial charge in [-0.25, -0.2) is 0 Å². The van der Waals surface area contributed by atoms with Crippen LogP contribution in [0.1, 0.15) is 127 Å². The molecule has 1 unspecified atom stereocenters. The first-order valence-electron chi connectivity index (χ1n) is 14.5. The van der Waals surface area contributed by atoms with E-state index in [0.717, 1.165) is 24.0 Å². The molecule has 0 radical (unpaired) electrons. The van der Waals surface area contributed by atoms with Gasteiger partial charge in [0.1, 0.15) is 30.5 Å². The highest BCUT2D eigenvalue weighted by atomic mass is 16.5. The van der Waals surface area contributed by atoms with Crippen molar-refractivity contribution in [1.82, 2.24) is 0 Å². The van der Waals surface area contributed by atoms with Crippen LogP contribution in [-0.2, 0) is 11.2 Å². The minimum absolute atomic E-state index is 0.400. The molecular formula is C30H52O5. The third kappa shape index (κ3) is 10.9. The van der Waals surface area contributed by atoms with Crippen LogP contribution in [0.15, 0.2) is 24.3 Å². The van der Waals surface area contributed by atoms with Crippen LogP contribution < -0.4 is 0 Å². The summed E-state index contributed by atoms with van der Waals surface area (Å²) in [5.41, 5.74) is 1.94. The first-order chi connectivity index (χ1) is 17.1. The Bertz CT molecular complexity index is 649. The summed E-state index contributed by atoms with van der Waals surface area (Å²) in [6, 6.07) is 7.83. The summed E-state index contributed by atoms with van der Waals surface area (Å²) >= 11 is 0. The van der Waals surface area contributed by atoms with Gasteiger partial charge in [-0.3, -0.25) is 0 Å². The quantitative estimate of drug-likeness (QED) is 0.178. The maximum atomic E-state index is 10.5. The van der Waals surface area contributed by atoms with E-state index in [-0.39, 0.29) is 0 Å². The van der Waals surface area contributed by atoms with Crippen molar-refractivity contribution in [3.63, 3.8) is 0 Å². The Morgan fingerprint density at radius 3 is 1.63 bits per heavy atom. The Labute approximate surface area is 213 Å². The molecule has 0 amide bonds. The summed E-state index contributed by atoms with van der Waals surface area (Å²) in [5, 5.41) is 40.2. The molecule has 5 nitrogen and oxygen atoms in total. The van der Waals surface area contributed by atoms with Crippen LogP contribution in [-0.4, -0.2) is 51.4 Å². The lowest BCUT2D eigenvalue weighted by atomic mass is 9.88. The zero-order chi connectivity index (χ0) is 25.3. The highest BCUT2D eigenvalue weighted by molar-refractivity contribution is 5.31. The standard InChI is InChI=1S/C30H52O5/c1-2-3-4-5-6-7-8-9-10-11-12-13-14-15-16-17-20-24-21-18-19-22-25(24)30-29(34)28(33)27(32)26(23-31)35-30/h18-19,21-22,26-34H,2-17,20,23H2,1H3/t26-,27+,28+,29-,30?/m1/s1. The first-order valence-corrected chi connectivity index (χ1v) is 14.5. The number of aliphatic hydroxyl groups excluding tert-OH is 4. The smallest absolute Gasteiger partial charge is 0.113 e. The number of unbranched alkanes of at least 4 members (excludes halogenated alkanes) is 15. The normalized spacial score (nSPS) is 24.7. The highest BCUT2D eigenvalue weighted by Crippen LogP contribution is 2.34. The van der Waals surface area contributed by atoms with Gasteiger partial charge in [0.2, 0.25) is 0 Å². The van der Waals surface area contributed by atoms with Crippen molar-refractivity contribution in [3.8, 4) is 0 Å². The lowest BCUT2D eigenvalue weighted by Gasteiger charge is -2.40. The van der Waals surface area contributed by atoms with Crippen LogP contribution in [0.5, 0.6) is 0 Å². The van der Waals surface area contributed by atoms with Crippen molar-refractivity contribution >= 4 is 0 Å². The Hall–Kier alpha value is -0.980. The largest absolute Gasteiger partial charge is 0.394 e. The van der Waals surface area contributed by atoms with Gasteiger partial charge in [-0.15, -0.1) is 0 Å². The van der Waals surface area contributed by atoms with Crippen LogP contribution in [0.4, 0.5) is 0 Å². The van der Waals surface area contributed by atoms with E-state index in [4.69, 9.17) is 4.74 Å². The second-order valence-corrected chi connectivity index (χ2v) is 10.5. The molecular weight excluding hydrogens is 440 g/mol. The minimum Gasteiger partial charge on any atom is -0.394 e. The van der Waals surface area contributed by atoms with Crippen molar-refractivity contribution in [3.05, 3.63) is 35.4 Å². The molecule has 1 heterocycles. The molecule has 0 spiro atoms. The van der Waals surface area contributed by atoms with E-state index in [1.807, 2.05) is 24.3 Å². The summed E-state index contributed by atoms with van der Waals surface area (Å²) in [4.78, 5) is 0. The Balaban J connectivity index is 1.56. The fourth-order valence-corrected chi connectivity index (χ4v) is 5.26. The predicted octanol–water partition coefficient (Wildman–Crippen LogP) is 6.01. The third-order valence-corrected chi connectivity index (χ3v) is 7.55. The van der Waals surface area contributed by atoms with Gasteiger partial charge >= 0.3 is 0 Å². The van der Waals surface area contributed by atoms with Gasteiger partial charge in [0.25, 0.3) is 0 Å². The lowest BCUT2D eigenvalue weighted by Crippen LogP contribution is -2.55. The number of ether oxygens (including phenoxy) is 1. The second-order valence-electron chi connectivity index (χ2n) is 10.5.